The normalized spacial score (nSPS) is 13.4. The number of hydrogen-bond acceptors (Lipinski definition) is 6. The van der Waals surface area contributed by atoms with Crippen molar-refractivity contribution >= 4 is 30.2 Å². The number of alkyl halides is 5. The lowest BCUT2D eigenvalue weighted by Crippen LogP contribution is -2.43. The first kappa shape index (κ1) is 21.9. The first-order valence-electron chi connectivity index (χ1n) is 7.83. The van der Waals surface area contributed by atoms with E-state index in [1.165, 1.54) is 6.92 Å². The van der Waals surface area contributed by atoms with E-state index >= 15 is 0 Å². The quantitative estimate of drug-likeness (QED) is 0.421. The molecule has 0 aliphatic heterocycles. The van der Waals surface area contributed by atoms with Crippen LogP contribution in [-0.4, -0.2) is 51.1 Å². The maximum atomic E-state index is 13.9. The number of amides is 1. The lowest BCUT2D eigenvalue weighted by molar-refractivity contribution is -0.291. The number of rotatable bonds is 6. The van der Waals surface area contributed by atoms with Gasteiger partial charge >= 0.3 is 18.1 Å². The largest absolute Gasteiger partial charge is 0.464 e. The molecular formula is C15H15F5N4O3S. The number of aryl methyl sites for hydroxylation is 1. The average Bonchev–Trinajstić information content (AvgIpc) is 3.01. The van der Waals surface area contributed by atoms with Crippen LogP contribution in [0.25, 0.3) is 5.65 Å². The summed E-state index contributed by atoms with van der Waals surface area (Å²) < 4.78 is 71.0. The predicted molar refractivity (Wildman–Crippen MR) is 89.4 cm³/mol. The maximum Gasteiger partial charge on any atom is 0.459 e. The molecule has 2 aromatic rings. The van der Waals surface area contributed by atoms with E-state index in [4.69, 9.17) is 4.74 Å². The van der Waals surface area contributed by atoms with Crippen molar-refractivity contribution in [3.05, 3.63) is 29.2 Å². The molecule has 0 bridgehead atoms. The Morgan fingerprint density at radius 1 is 1.29 bits per heavy atom. The van der Waals surface area contributed by atoms with Crippen LogP contribution in [0.5, 0.6) is 0 Å². The lowest BCUT2D eigenvalue weighted by atomic mass is 10.2. The zero-order valence-electron chi connectivity index (χ0n) is 14.5. The molecule has 13 heteroatoms. The summed E-state index contributed by atoms with van der Waals surface area (Å²) in [6, 6.07) is 0.301. The Kier molecular flexibility index (Phi) is 6.16. The Labute approximate surface area is 160 Å². The summed E-state index contributed by atoms with van der Waals surface area (Å²) in [6.07, 6.45) is -5.87. The molecule has 2 aromatic heterocycles. The standard InChI is InChI=1S/C15H15F5N4O3S/c1-3-27-13(26)9(6-28)22-12(25)8-5-11-21-7(2)4-10(24(11)23-8)14(16,17)15(18,19)20/h4-5,9,28H,3,6H2,1-2H3,(H,22,25)/t9-/m0/s1. The van der Waals surface area contributed by atoms with Gasteiger partial charge in [-0.25, -0.2) is 14.3 Å². The highest BCUT2D eigenvalue weighted by molar-refractivity contribution is 7.80. The van der Waals surface area contributed by atoms with Gasteiger partial charge in [-0.1, -0.05) is 0 Å². The van der Waals surface area contributed by atoms with Crippen LogP contribution in [-0.2, 0) is 15.5 Å². The third-order valence-electron chi connectivity index (χ3n) is 3.52. The second-order valence-electron chi connectivity index (χ2n) is 5.62. The predicted octanol–water partition coefficient (Wildman–Crippen LogP) is 2.28. The van der Waals surface area contributed by atoms with Crippen LogP contribution in [0.15, 0.2) is 12.1 Å². The van der Waals surface area contributed by atoms with Crippen molar-refractivity contribution in [2.45, 2.75) is 32.0 Å². The van der Waals surface area contributed by atoms with E-state index in [2.05, 4.69) is 28.0 Å². The molecule has 1 amide bonds. The number of halogens is 5. The highest BCUT2D eigenvalue weighted by atomic mass is 32.1. The molecule has 2 rings (SSSR count). The molecule has 28 heavy (non-hydrogen) atoms. The highest BCUT2D eigenvalue weighted by Gasteiger charge is 2.60. The third-order valence-corrected chi connectivity index (χ3v) is 3.89. The van der Waals surface area contributed by atoms with Gasteiger partial charge in [-0.15, -0.1) is 0 Å². The van der Waals surface area contributed by atoms with Crippen LogP contribution in [0.4, 0.5) is 22.0 Å². The van der Waals surface area contributed by atoms with E-state index in [1.54, 1.807) is 6.92 Å². The summed E-state index contributed by atoms with van der Waals surface area (Å²) in [7, 11) is 0. The molecule has 0 radical (unpaired) electrons. The summed E-state index contributed by atoms with van der Waals surface area (Å²) in [4.78, 5) is 27.8. The van der Waals surface area contributed by atoms with Gasteiger partial charge in [0.15, 0.2) is 11.3 Å². The number of nitrogens with one attached hydrogen (secondary N) is 1. The summed E-state index contributed by atoms with van der Waals surface area (Å²) in [6.45, 7) is 2.82. The number of esters is 1. The summed E-state index contributed by atoms with van der Waals surface area (Å²) >= 11 is 3.91. The molecule has 1 atom stereocenters. The zero-order valence-corrected chi connectivity index (χ0v) is 15.4. The molecule has 0 unspecified atom stereocenters. The number of carbonyl (C=O) groups is 2. The molecule has 2 heterocycles. The first-order valence-corrected chi connectivity index (χ1v) is 8.46. The molecule has 154 valence electrons. The van der Waals surface area contributed by atoms with Crippen molar-refractivity contribution < 1.29 is 36.3 Å². The van der Waals surface area contributed by atoms with Gasteiger partial charge in [-0.2, -0.15) is 39.7 Å². The van der Waals surface area contributed by atoms with E-state index in [1.807, 2.05) is 0 Å². The van der Waals surface area contributed by atoms with Crippen molar-refractivity contribution in [3.63, 3.8) is 0 Å². The highest BCUT2D eigenvalue weighted by Crippen LogP contribution is 2.43. The topological polar surface area (TPSA) is 85.6 Å². The Balaban J connectivity index is 2.45. The van der Waals surface area contributed by atoms with Gasteiger partial charge in [0.1, 0.15) is 11.7 Å². The van der Waals surface area contributed by atoms with Crippen molar-refractivity contribution in [2.75, 3.05) is 12.4 Å². The molecule has 0 saturated heterocycles. The first-order chi connectivity index (χ1) is 12.9. The van der Waals surface area contributed by atoms with Crippen molar-refractivity contribution in [1.82, 2.24) is 19.9 Å². The van der Waals surface area contributed by atoms with Gasteiger partial charge in [-0.05, 0) is 19.9 Å². The van der Waals surface area contributed by atoms with Crippen molar-refractivity contribution in [2.24, 2.45) is 0 Å². The van der Waals surface area contributed by atoms with Crippen molar-refractivity contribution in [1.29, 1.82) is 0 Å². The zero-order chi connectivity index (χ0) is 21.3. The molecule has 1 N–H and O–H groups in total. The van der Waals surface area contributed by atoms with Gasteiger partial charge in [0, 0.05) is 17.5 Å². The Morgan fingerprint density at radius 2 is 1.93 bits per heavy atom. The number of carbonyl (C=O) groups excluding carboxylic acids is 2. The molecule has 7 nitrogen and oxygen atoms in total. The number of fused-ring (bicyclic) bond motifs is 1. The molecular weight excluding hydrogens is 411 g/mol. The van der Waals surface area contributed by atoms with Gasteiger partial charge in [0.25, 0.3) is 5.91 Å². The van der Waals surface area contributed by atoms with Crippen LogP contribution in [0.1, 0.15) is 28.8 Å². The Hall–Kier alpha value is -2.44. The van der Waals surface area contributed by atoms with Gasteiger partial charge in [-0.3, -0.25) is 4.79 Å². The van der Waals surface area contributed by atoms with Crippen LogP contribution in [0, 0.1) is 6.92 Å². The van der Waals surface area contributed by atoms with Crippen molar-refractivity contribution in [3.8, 4) is 0 Å². The number of nitrogens with zero attached hydrogens (tertiary/aromatic N) is 3. The van der Waals surface area contributed by atoms with Gasteiger partial charge < -0.3 is 10.1 Å². The van der Waals surface area contributed by atoms with E-state index in [9.17, 15) is 31.5 Å². The van der Waals surface area contributed by atoms with Gasteiger partial charge in [0.05, 0.1) is 6.61 Å². The lowest BCUT2D eigenvalue weighted by Gasteiger charge is -2.20. The van der Waals surface area contributed by atoms with E-state index in [0.29, 0.717) is 6.07 Å². The van der Waals surface area contributed by atoms with E-state index in [-0.39, 0.29) is 28.2 Å². The van der Waals surface area contributed by atoms with Crippen LogP contribution >= 0.6 is 12.6 Å². The minimum Gasteiger partial charge on any atom is -0.464 e. The molecule has 0 aliphatic rings. The summed E-state index contributed by atoms with van der Waals surface area (Å²) in [5, 5.41) is 5.74. The molecule has 0 spiro atoms. The maximum absolute atomic E-state index is 13.9. The minimum absolute atomic E-state index is 0.0480. The molecule has 0 aromatic carbocycles. The Bertz CT molecular complexity index is 900. The summed E-state index contributed by atoms with van der Waals surface area (Å²) in [5.74, 6) is -7.13. The minimum atomic E-state index is -5.87. The Morgan fingerprint density at radius 3 is 2.46 bits per heavy atom. The second kappa shape index (κ2) is 7.89. The van der Waals surface area contributed by atoms with Crippen LogP contribution in [0.2, 0.25) is 0 Å². The SMILES string of the molecule is CCOC(=O)[C@H](CS)NC(=O)c1cc2nc(C)cc(C(F)(F)C(F)(F)F)n2n1. The molecule has 0 aliphatic carbocycles. The number of ether oxygens (including phenoxy) is 1. The fraction of sp³-hybridized carbons (Fsp3) is 0.467. The molecule has 0 saturated carbocycles. The third kappa shape index (κ3) is 4.18. The average molecular weight is 426 g/mol. The van der Waals surface area contributed by atoms with E-state index < -0.39 is 41.4 Å². The number of hydrogen-bond donors (Lipinski definition) is 2. The van der Waals surface area contributed by atoms with Crippen LogP contribution < -0.4 is 5.32 Å². The fourth-order valence-corrected chi connectivity index (χ4v) is 2.47. The van der Waals surface area contributed by atoms with Gasteiger partial charge in [0.2, 0.25) is 0 Å². The van der Waals surface area contributed by atoms with E-state index in [0.717, 1.165) is 6.07 Å². The monoisotopic (exact) mass is 426 g/mol. The number of thiol groups is 1. The number of aromatic nitrogens is 3. The fourth-order valence-electron chi connectivity index (χ4n) is 2.23. The second-order valence-corrected chi connectivity index (χ2v) is 5.98. The molecule has 0 fully saturated rings. The summed E-state index contributed by atoms with van der Waals surface area (Å²) in [5.41, 5.74) is -2.51. The smallest absolute Gasteiger partial charge is 0.459 e. The van der Waals surface area contributed by atoms with Crippen LogP contribution in [0.3, 0.4) is 0 Å².